The quantitative estimate of drug-likeness (QED) is 0.890. The number of nitrogens with zero attached hydrogens (tertiary/aromatic N) is 3. The molecule has 1 aliphatic heterocycles. The molecule has 1 N–H and O–H groups in total. The molecule has 1 aliphatic rings. The van der Waals surface area contributed by atoms with Gasteiger partial charge in [-0.2, -0.15) is 0 Å². The fourth-order valence-corrected chi connectivity index (χ4v) is 4.81. The summed E-state index contributed by atoms with van der Waals surface area (Å²) < 4.78 is 1.88. The highest BCUT2D eigenvalue weighted by molar-refractivity contribution is 7.18. The molecule has 26 heavy (non-hydrogen) atoms. The summed E-state index contributed by atoms with van der Waals surface area (Å²) in [7, 11) is 0. The fourth-order valence-electron chi connectivity index (χ4n) is 3.74. The Balaban J connectivity index is 1.77. The van der Waals surface area contributed by atoms with E-state index in [4.69, 9.17) is 4.98 Å². The second-order valence-corrected chi connectivity index (χ2v) is 8.73. The van der Waals surface area contributed by atoms with Crippen LogP contribution >= 0.6 is 11.3 Å². The first kappa shape index (κ1) is 19.0. The lowest BCUT2D eigenvalue weighted by atomic mass is 10.0. The minimum atomic E-state index is 0.0688. The molecular formula is C19H28N4O2S. The third-order valence-corrected chi connectivity index (χ3v) is 6.25. The van der Waals surface area contributed by atoms with Crippen LogP contribution < -0.4 is 10.9 Å². The zero-order valence-electron chi connectivity index (χ0n) is 16.3. The van der Waals surface area contributed by atoms with Gasteiger partial charge in [0, 0.05) is 30.1 Å². The summed E-state index contributed by atoms with van der Waals surface area (Å²) in [5.41, 5.74) is 1.14. The minimum Gasteiger partial charge on any atom is -0.353 e. The molecular weight excluding hydrogens is 348 g/mol. The number of carbonyl (C=O) groups is 1. The van der Waals surface area contributed by atoms with Crippen LogP contribution in [0, 0.1) is 20.8 Å². The predicted octanol–water partition coefficient (Wildman–Crippen LogP) is 2.54. The Morgan fingerprint density at radius 1 is 1.27 bits per heavy atom. The van der Waals surface area contributed by atoms with Crippen LogP contribution in [0.15, 0.2) is 4.79 Å². The average Bonchev–Trinajstić information content (AvgIpc) is 2.82. The van der Waals surface area contributed by atoms with Gasteiger partial charge in [-0.15, -0.1) is 11.3 Å². The van der Waals surface area contributed by atoms with E-state index in [2.05, 4.69) is 10.2 Å². The lowest BCUT2D eigenvalue weighted by Gasteiger charge is -2.33. The van der Waals surface area contributed by atoms with Crippen molar-refractivity contribution < 1.29 is 4.79 Å². The van der Waals surface area contributed by atoms with Gasteiger partial charge in [0.25, 0.3) is 5.56 Å². The van der Waals surface area contributed by atoms with Crippen LogP contribution in [0.3, 0.4) is 0 Å². The van der Waals surface area contributed by atoms with Crippen molar-refractivity contribution in [3.05, 3.63) is 26.6 Å². The first-order valence-electron chi connectivity index (χ1n) is 9.28. The smallest absolute Gasteiger partial charge is 0.262 e. The van der Waals surface area contributed by atoms with Crippen LogP contribution in [0.1, 0.15) is 49.0 Å². The highest BCUT2D eigenvalue weighted by atomic mass is 32.1. The summed E-state index contributed by atoms with van der Waals surface area (Å²) in [4.78, 5) is 33.9. The molecule has 1 amide bonds. The summed E-state index contributed by atoms with van der Waals surface area (Å²) in [6.45, 7) is 12.0. The number of aryl methyl sites for hydroxylation is 3. The highest BCUT2D eigenvalue weighted by Gasteiger charge is 2.25. The molecule has 0 bridgehead atoms. The van der Waals surface area contributed by atoms with Gasteiger partial charge in [-0.05, 0) is 53.0 Å². The van der Waals surface area contributed by atoms with E-state index in [0.29, 0.717) is 6.54 Å². The predicted molar refractivity (Wildman–Crippen MR) is 106 cm³/mol. The van der Waals surface area contributed by atoms with Crippen LogP contribution in [0.25, 0.3) is 10.2 Å². The van der Waals surface area contributed by atoms with Gasteiger partial charge >= 0.3 is 0 Å². The van der Waals surface area contributed by atoms with Crippen molar-refractivity contribution in [1.29, 1.82) is 0 Å². The molecule has 2 aromatic rings. The number of fused-ring (bicyclic) bond motifs is 1. The molecule has 3 heterocycles. The van der Waals surface area contributed by atoms with Gasteiger partial charge in [-0.3, -0.25) is 19.1 Å². The number of likely N-dealkylation sites (tertiary alicyclic amines) is 1. The Kier molecular flexibility index (Phi) is 5.48. The Labute approximate surface area is 158 Å². The molecule has 0 unspecified atom stereocenters. The topological polar surface area (TPSA) is 67.2 Å². The number of piperidine rings is 1. The molecule has 2 aromatic heterocycles. The summed E-state index contributed by atoms with van der Waals surface area (Å²) in [5.74, 6) is 0.860. The Hall–Kier alpha value is -1.73. The van der Waals surface area contributed by atoms with Crippen molar-refractivity contribution >= 4 is 27.5 Å². The standard InChI is InChI=1S/C19H28N4O2S/c1-11(2)20-16(24)10-22-8-6-15(7-9-22)23-14(5)21-18-17(19(23)25)12(3)13(4)26-18/h11,15H,6-10H2,1-5H3,(H,20,24). The van der Waals surface area contributed by atoms with Crippen LogP contribution in [0.2, 0.25) is 0 Å². The van der Waals surface area contributed by atoms with Crippen LogP contribution in [0.5, 0.6) is 0 Å². The van der Waals surface area contributed by atoms with Gasteiger partial charge in [-0.25, -0.2) is 4.98 Å². The van der Waals surface area contributed by atoms with Gasteiger partial charge in [0.2, 0.25) is 5.91 Å². The number of amides is 1. The number of nitrogens with one attached hydrogen (secondary N) is 1. The van der Waals surface area contributed by atoms with E-state index in [0.717, 1.165) is 52.4 Å². The van der Waals surface area contributed by atoms with E-state index in [1.54, 1.807) is 11.3 Å². The summed E-state index contributed by atoms with van der Waals surface area (Å²) in [5, 5.41) is 3.71. The lowest BCUT2D eigenvalue weighted by Crippen LogP contribution is -2.44. The van der Waals surface area contributed by atoms with Gasteiger partial charge in [0.1, 0.15) is 10.7 Å². The number of thiophene rings is 1. The highest BCUT2D eigenvalue weighted by Crippen LogP contribution is 2.28. The zero-order valence-corrected chi connectivity index (χ0v) is 17.1. The number of hydrogen-bond donors (Lipinski definition) is 1. The molecule has 0 atom stereocenters. The zero-order chi connectivity index (χ0) is 19.0. The van der Waals surface area contributed by atoms with Crippen molar-refractivity contribution in [2.24, 2.45) is 0 Å². The molecule has 0 aromatic carbocycles. The number of rotatable bonds is 4. The molecule has 0 saturated carbocycles. The molecule has 7 heteroatoms. The second kappa shape index (κ2) is 7.48. The van der Waals surface area contributed by atoms with Crippen LogP contribution in [0.4, 0.5) is 0 Å². The van der Waals surface area contributed by atoms with Crippen molar-refractivity contribution in [1.82, 2.24) is 19.8 Å². The third kappa shape index (κ3) is 3.69. The minimum absolute atomic E-state index is 0.0688. The monoisotopic (exact) mass is 376 g/mol. The molecule has 1 fully saturated rings. The Morgan fingerprint density at radius 2 is 1.92 bits per heavy atom. The Morgan fingerprint density at radius 3 is 2.54 bits per heavy atom. The first-order chi connectivity index (χ1) is 12.3. The van der Waals surface area contributed by atoms with E-state index in [9.17, 15) is 9.59 Å². The molecule has 0 radical (unpaired) electrons. The normalized spacial score (nSPS) is 16.5. The van der Waals surface area contributed by atoms with Crippen molar-refractivity contribution in [3.63, 3.8) is 0 Å². The fraction of sp³-hybridized carbons (Fsp3) is 0.632. The van der Waals surface area contributed by atoms with Gasteiger partial charge < -0.3 is 5.32 Å². The summed E-state index contributed by atoms with van der Waals surface area (Å²) in [6.07, 6.45) is 1.73. The van der Waals surface area contributed by atoms with Crippen molar-refractivity contribution in [2.75, 3.05) is 19.6 Å². The van der Waals surface area contributed by atoms with Crippen molar-refractivity contribution in [3.8, 4) is 0 Å². The maximum atomic E-state index is 13.1. The van der Waals surface area contributed by atoms with E-state index in [-0.39, 0.29) is 23.6 Å². The van der Waals surface area contributed by atoms with E-state index in [1.165, 1.54) is 0 Å². The molecule has 1 saturated heterocycles. The van der Waals surface area contributed by atoms with Gasteiger partial charge in [0.15, 0.2) is 0 Å². The first-order valence-corrected chi connectivity index (χ1v) is 10.1. The molecule has 3 rings (SSSR count). The number of hydrogen-bond acceptors (Lipinski definition) is 5. The second-order valence-electron chi connectivity index (χ2n) is 7.53. The maximum absolute atomic E-state index is 13.1. The molecule has 0 aliphatic carbocycles. The van der Waals surface area contributed by atoms with Crippen LogP contribution in [-0.2, 0) is 4.79 Å². The number of aromatic nitrogens is 2. The molecule has 0 spiro atoms. The van der Waals surface area contributed by atoms with Crippen LogP contribution in [-0.4, -0.2) is 46.0 Å². The van der Waals surface area contributed by atoms with E-state index < -0.39 is 0 Å². The van der Waals surface area contributed by atoms with E-state index >= 15 is 0 Å². The van der Waals surface area contributed by atoms with E-state index in [1.807, 2.05) is 39.2 Å². The average molecular weight is 377 g/mol. The molecule has 142 valence electrons. The summed E-state index contributed by atoms with van der Waals surface area (Å²) in [6, 6.07) is 0.319. The Bertz CT molecular complexity index is 876. The van der Waals surface area contributed by atoms with Gasteiger partial charge in [-0.1, -0.05) is 0 Å². The third-order valence-electron chi connectivity index (χ3n) is 5.15. The van der Waals surface area contributed by atoms with Crippen molar-refractivity contribution in [2.45, 2.75) is 59.5 Å². The lowest BCUT2D eigenvalue weighted by molar-refractivity contribution is -0.123. The molecule has 6 nitrogen and oxygen atoms in total. The summed E-state index contributed by atoms with van der Waals surface area (Å²) >= 11 is 1.60. The SMILES string of the molecule is Cc1sc2nc(C)n(C3CCN(CC(=O)NC(C)C)CC3)c(=O)c2c1C. The largest absolute Gasteiger partial charge is 0.353 e. The van der Waals surface area contributed by atoms with Gasteiger partial charge in [0.05, 0.1) is 11.9 Å². The maximum Gasteiger partial charge on any atom is 0.262 e. The number of carbonyl (C=O) groups excluding carboxylic acids is 1.